The van der Waals surface area contributed by atoms with E-state index in [9.17, 15) is 4.79 Å². The van der Waals surface area contributed by atoms with E-state index >= 15 is 0 Å². The van der Waals surface area contributed by atoms with Crippen LogP contribution in [0.15, 0.2) is 36.4 Å². The quantitative estimate of drug-likeness (QED) is 0.622. The predicted octanol–water partition coefficient (Wildman–Crippen LogP) is 4.78. The highest BCUT2D eigenvalue weighted by molar-refractivity contribution is 6.42. The van der Waals surface area contributed by atoms with Crippen molar-refractivity contribution in [2.75, 3.05) is 26.2 Å². The molecule has 2 aliphatic heterocycles. The van der Waals surface area contributed by atoms with Crippen molar-refractivity contribution in [2.24, 2.45) is 0 Å². The Bertz CT molecular complexity index is 934. The van der Waals surface area contributed by atoms with Gasteiger partial charge in [-0.25, -0.2) is 0 Å². The van der Waals surface area contributed by atoms with Crippen LogP contribution in [0.3, 0.4) is 0 Å². The SMILES string of the molecule is O=C(NC1CCN(Cc2ccc(OC3CCNCC3)c(Cl)c2)C1)c1ccc(Cl)c(Cl)c1. The molecule has 8 heteroatoms. The molecule has 166 valence electrons. The molecule has 2 saturated heterocycles. The van der Waals surface area contributed by atoms with Gasteiger partial charge in [-0.1, -0.05) is 40.9 Å². The summed E-state index contributed by atoms with van der Waals surface area (Å²) in [7, 11) is 0. The average molecular weight is 483 g/mol. The van der Waals surface area contributed by atoms with Crippen molar-refractivity contribution in [3.63, 3.8) is 0 Å². The number of likely N-dealkylation sites (tertiary alicyclic amines) is 1. The fraction of sp³-hybridized carbons (Fsp3) is 0.435. The minimum atomic E-state index is -0.132. The van der Waals surface area contributed by atoms with Gasteiger partial charge in [-0.15, -0.1) is 0 Å². The molecule has 0 saturated carbocycles. The fourth-order valence-corrected chi connectivity index (χ4v) is 4.64. The number of rotatable bonds is 6. The molecule has 31 heavy (non-hydrogen) atoms. The van der Waals surface area contributed by atoms with Crippen molar-refractivity contribution in [3.05, 3.63) is 62.6 Å². The number of benzene rings is 2. The van der Waals surface area contributed by atoms with Crippen molar-refractivity contribution in [3.8, 4) is 5.75 Å². The molecule has 0 aliphatic carbocycles. The van der Waals surface area contributed by atoms with Gasteiger partial charge in [0.1, 0.15) is 11.9 Å². The van der Waals surface area contributed by atoms with Crippen LogP contribution in [-0.2, 0) is 6.54 Å². The minimum Gasteiger partial charge on any atom is -0.489 e. The van der Waals surface area contributed by atoms with Gasteiger partial charge in [0.25, 0.3) is 5.91 Å². The summed E-state index contributed by atoms with van der Waals surface area (Å²) in [6.07, 6.45) is 3.13. The summed E-state index contributed by atoms with van der Waals surface area (Å²) in [5, 5.41) is 7.90. The second-order valence-electron chi connectivity index (χ2n) is 8.16. The van der Waals surface area contributed by atoms with Crippen LogP contribution in [-0.4, -0.2) is 49.1 Å². The number of nitrogens with one attached hydrogen (secondary N) is 2. The molecule has 0 spiro atoms. The van der Waals surface area contributed by atoms with Gasteiger partial charge < -0.3 is 15.4 Å². The molecule has 2 aliphatic rings. The number of amides is 1. The number of piperidine rings is 1. The standard InChI is InChI=1S/C23H26Cl3N3O2/c24-19-3-2-16(12-20(19)25)23(30)28-17-7-10-29(14-17)13-15-1-4-22(21(26)11-15)31-18-5-8-27-9-6-18/h1-4,11-12,17-18,27H,5-10,13-14H2,(H,28,30). The largest absolute Gasteiger partial charge is 0.489 e. The highest BCUT2D eigenvalue weighted by atomic mass is 35.5. The molecule has 2 N–H and O–H groups in total. The molecular weight excluding hydrogens is 457 g/mol. The Morgan fingerprint density at radius 2 is 1.84 bits per heavy atom. The Morgan fingerprint density at radius 3 is 2.58 bits per heavy atom. The first-order valence-electron chi connectivity index (χ1n) is 10.6. The van der Waals surface area contributed by atoms with Gasteiger partial charge in [0.05, 0.1) is 15.1 Å². The van der Waals surface area contributed by atoms with Crippen LogP contribution in [0.4, 0.5) is 0 Å². The van der Waals surface area contributed by atoms with Crippen LogP contribution in [0.2, 0.25) is 15.1 Å². The van der Waals surface area contributed by atoms with Crippen molar-refractivity contribution >= 4 is 40.7 Å². The number of halogens is 3. The zero-order valence-corrected chi connectivity index (χ0v) is 19.4. The van der Waals surface area contributed by atoms with E-state index in [1.807, 2.05) is 12.1 Å². The maximum atomic E-state index is 12.5. The Hall–Kier alpha value is -1.50. The third-order valence-corrected chi connectivity index (χ3v) is 6.81. The normalized spacial score (nSPS) is 20.0. The number of carbonyl (C=O) groups excluding carboxylic acids is 1. The summed E-state index contributed by atoms with van der Waals surface area (Å²) in [6, 6.07) is 11.1. The van der Waals surface area contributed by atoms with E-state index in [0.29, 0.717) is 20.6 Å². The molecule has 2 heterocycles. The smallest absolute Gasteiger partial charge is 0.251 e. The molecule has 0 radical (unpaired) electrons. The minimum absolute atomic E-state index is 0.0972. The first-order chi connectivity index (χ1) is 15.0. The lowest BCUT2D eigenvalue weighted by atomic mass is 10.1. The van der Waals surface area contributed by atoms with Gasteiger partial charge in [-0.2, -0.15) is 0 Å². The Balaban J connectivity index is 1.29. The van der Waals surface area contributed by atoms with Gasteiger partial charge in [0, 0.05) is 31.2 Å². The third kappa shape index (κ3) is 6.05. The second kappa shape index (κ2) is 10.4. The second-order valence-corrected chi connectivity index (χ2v) is 9.38. The molecule has 4 rings (SSSR count). The van der Waals surface area contributed by atoms with E-state index in [1.54, 1.807) is 18.2 Å². The highest BCUT2D eigenvalue weighted by Crippen LogP contribution is 2.29. The van der Waals surface area contributed by atoms with E-state index in [1.165, 1.54) is 0 Å². The fourth-order valence-electron chi connectivity index (χ4n) is 4.09. The van der Waals surface area contributed by atoms with Crippen LogP contribution in [0.25, 0.3) is 0 Å². The number of hydrogen-bond acceptors (Lipinski definition) is 4. The Labute approximate surface area is 198 Å². The maximum absolute atomic E-state index is 12.5. The first kappa shape index (κ1) is 22.7. The van der Waals surface area contributed by atoms with Crippen LogP contribution < -0.4 is 15.4 Å². The van der Waals surface area contributed by atoms with Crippen LogP contribution >= 0.6 is 34.8 Å². The van der Waals surface area contributed by atoms with Crippen molar-refractivity contribution in [1.82, 2.24) is 15.5 Å². The number of carbonyl (C=O) groups is 1. The van der Waals surface area contributed by atoms with Gasteiger partial charge in [0.15, 0.2) is 0 Å². The third-order valence-electron chi connectivity index (χ3n) is 5.77. The van der Waals surface area contributed by atoms with Crippen molar-refractivity contribution in [2.45, 2.75) is 38.0 Å². The van der Waals surface area contributed by atoms with Gasteiger partial charge in [-0.3, -0.25) is 9.69 Å². The number of nitrogens with zero attached hydrogens (tertiary/aromatic N) is 1. The summed E-state index contributed by atoms with van der Waals surface area (Å²) >= 11 is 18.4. The number of hydrogen-bond donors (Lipinski definition) is 2. The van der Waals surface area contributed by atoms with E-state index < -0.39 is 0 Å². The zero-order chi connectivity index (χ0) is 21.8. The topological polar surface area (TPSA) is 53.6 Å². The Kier molecular flexibility index (Phi) is 7.62. The van der Waals surface area contributed by atoms with Crippen LogP contribution in [0.5, 0.6) is 5.75 Å². The molecule has 0 bridgehead atoms. The molecule has 0 aromatic heterocycles. The summed E-state index contributed by atoms with van der Waals surface area (Å²) in [5.41, 5.74) is 1.66. The average Bonchev–Trinajstić information content (AvgIpc) is 3.19. The van der Waals surface area contributed by atoms with E-state index in [0.717, 1.165) is 63.3 Å². The molecule has 1 unspecified atom stereocenters. The molecule has 2 aromatic rings. The summed E-state index contributed by atoms with van der Waals surface area (Å²) in [4.78, 5) is 14.8. The van der Waals surface area contributed by atoms with Gasteiger partial charge in [0.2, 0.25) is 0 Å². The summed E-state index contributed by atoms with van der Waals surface area (Å²) in [5.74, 6) is 0.623. The molecular formula is C23H26Cl3N3O2. The van der Waals surface area contributed by atoms with Gasteiger partial charge >= 0.3 is 0 Å². The van der Waals surface area contributed by atoms with E-state index in [-0.39, 0.29) is 18.1 Å². The molecule has 5 nitrogen and oxygen atoms in total. The van der Waals surface area contributed by atoms with E-state index in [4.69, 9.17) is 39.5 Å². The first-order valence-corrected chi connectivity index (χ1v) is 11.8. The van der Waals surface area contributed by atoms with Crippen molar-refractivity contribution in [1.29, 1.82) is 0 Å². The van der Waals surface area contributed by atoms with Crippen LogP contribution in [0.1, 0.15) is 35.2 Å². The molecule has 2 aromatic carbocycles. The zero-order valence-electron chi connectivity index (χ0n) is 17.2. The molecule has 1 atom stereocenters. The lowest BCUT2D eigenvalue weighted by molar-refractivity contribution is 0.0937. The lowest BCUT2D eigenvalue weighted by Gasteiger charge is -2.24. The summed E-state index contributed by atoms with van der Waals surface area (Å²) in [6.45, 7) is 4.46. The monoisotopic (exact) mass is 481 g/mol. The Morgan fingerprint density at radius 1 is 1.03 bits per heavy atom. The highest BCUT2D eigenvalue weighted by Gasteiger charge is 2.25. The number of ether oxygens (including phenoxy) is 1. The molecule has 1 amide bonds. The van der Waals surface area contributed by atoms with Crippen molar-refractivity contribution < 1.29 is 9.53 Å². The summed E-state index contributed by atoms with van der Waals surface area (Å²) < 4.78 is 6.08. The van der Waals surface area contributed by atoms with Crippen LogP contribution in [0, 0.1) is 0 Å². The van der Waals surface area contributed by atoms with Gasteiger partial charge in [-0.05, 0) is 68.2 Å². The maximum Gasteiger partial charge on any atom is 0.251 e. The lowest BCUT2D eigenvalue weighted by Crippen LogP contribution is -2.37. The molecule has 2 fully saturated rings. The predicted molar refractivity (Wildman–Crippen MR) is 126 cm³/mol. The van der Waals surface area contributed by atoms with E-state index in [2.05, 4.69) is 21.6 Å².